The Labute approximate surface area is 286 Å². The molecule has 1 fully saturated rings. The number of nitrogens with one attached hydrogen (secondary N) is 1. The van der Waals surface area contributed by atoms with E-state index in [1.807, 2.05) is 35.2 Å². The molecule has 13 nitrogen and oxygen atoms in total. The highest BCUT2D eigenvalue weighted by Gasteiger charge is 2.38. The Morgan fingerprint density at radius 2 is 1.73 bits per heavy atom. The number of anilines is 2. The number of rotatable bonds is 10. The van der Waals surface area contributed by atoms with Crippen LogP contribution >= 0.6 is 11.8 Å². The van der Waals surface area contributed by atoms with E-state index in [1.54, 1.807) is 30.3 Å². The summed E-state index contributed by atoms with van der Waals surface area (Å²) < 4.78 is 36.9. The average Bonchev–Trinajstić information content (AvgIpc) is 3.51. The van der Waals surface area contributed by atoms with Crippen molar-refractivity contribution >= 4 is 39.0 Å². The number of sulfone groups is 1. The van der Waals surface area contributed by atoms with Crippen molar-refractivity contribution in [2.75, 3.05) is 29.1 Å². The molecule has 0 unspecified atom stereocenters. The van der Waals surface area contributed by atoms with Crippen molar-refractivity contribution in [3.8, 4) is 35.6 Å². The van der Waals surface area contributed by atoms with E-state index in [0.717, 1.165) is 11.8 Å². The molecule has 246 valence electrons. The van der Waals surface area contributed by atoms with E-state index < -0.39 is 26.8 Å². The molecule has 6 rings (SSSR count). The van der Waals surface area contributed by atoms with Crippen LogP contribution in [0.15, 0.2) is 105 Å². The molecule has 1 saturated heterocycles. The monoisotopic (exact) mass is 693 g/mol. The Hall–Kier alpha value is -5.90. The number of terminal acetylenes is 1. The molecular weight excluding hydrogens is 667 g/mol. The molecule has 2 aromatic heterocycles. The predicted octanol–water partition coefficient (Wildman–Crippen LogP) is 4.23. The number of nitriles is 1. The minimum Gasteiger partial charge on any atom is -0.451 e. The van der Waals surface area contributed by atoms with Crippen molar-refractivity contribution in [2.45, 2.75) is 34.0 Å². The minimum absolute atomic E-state index is 0.0139. The number of hydrogen-bond donors (Lipinski definition) is 1. The number of amides is 1. The zero-order valence-electron chi connectivity index (χ0n) is 25.7. The first kappa shape index (κ1) is 33.0. The number of ether oxygens (including phenoxy) is 1. The SMILES string of the molecule is C#Cc1ccccc1NC(=O)CSc1nc(-c2ccccc2)c(C#N)c(N2CCC(Oc3no[n+]([O-])c3S(=O)(=O)c3ccccc3)CC2)n1. The second kappa shape index (κ2) is 14.5. The molecule has 0 aliphatic carbocycles. The lowest BCUT2D eigenvalue weighted by atomic mass is 10.0. The summed E-state index contributed by atoms with van der Waals surface area (Å²) in [5.41, 5.74) is 2.47. The summed E-state index contributed by atoms with van der Waals surface area (Å²) in [5.74, 6) is 2.20. The van der Waals surface area contributed by atoms with Crippen molar-refractivity contribution in [1.29, 1.82) is 5.26 Å². The van der Waals surface area contributed by atoms with Crippen LogP contribution in [0.25, 0.3) is 11.3 Å². The molecule has 5 aromatic rings. The third kappa shape index (κ3) is 7.18. The Kier molecular flexibility index (Phi) is 9.75. The van der Waals surface area contributed by atoms with Crippen molar-refractivity contribution in [3.63, 3.8) is 0 Å². The molecule has 1 N–H and O–H groups in total. The summed E-state index contributed by atoms with van der Waals surface area (Å²) in [7, 11) is -4.27. The van der Waals surface area contributed by atoms with E-state index in [9.17, 15) is 23.7 Å². The first-order valence-electron chi connectivity index (χ1n) is 15.0. The molecule has 0 radical (unpaired) electrons. The van der Waals surface area contributed by atoms with E-state index in [1.165, 1.54) is 24.3 Å². The maximum atomic E-state index is 13.2. The van der Waals surface area contributed by atoms with Crippen LogP contribution in [0.2, 0.25) is 0 Å². The molecule has 3 heterocycles. The molecule has 0 bridgehead atoms. The van der Waals surface area contributed by atoms with Gasteiger partial charge in [0, 0.05) is 37.1 Å². The van der Waals surface area contributed by atoms with Crippen LogP contribution in [0.1, 0.15) is 24.0 Å². The van der Waals surface area contributed by atoms with Crippen LogP contribution in [-0.2, 0) is 14.6 Å². The summed E-state index contributed by atoms with van der Waals surface area (Å²) in [6.07, 6.45) is 5.80. The number of piperidine rings is 1. The van der Waals surface area contributed by atoms with Gasteiger partial charge in [-0.2, -0.15) is 5.26 Å². The number of nitrogens with zero attached hydrogens (tertiary/aromatic N) is 6. The Balaban J connectivity index is 1.21. The third-order valence-corrected chi connectivity index (χ3v) is 10.2. The van der Waals surface area contributed by atoms with Gasteiger partial charge in [0.2, 0.25) is 5.91 Å². The highest BCUT2D eigenvalue weighted by atomic mass is 32.2. The van der Waals surface area contributed by atoms with Gasteiger partial charge in [-0.25, -0.2) is 18.4 Å². The van der Waals surface area contributed by atoms with E-state index in [-0.39, 0.29) is 27.0 Å². The molecular formula is C34H27N7O6S2. The number of aromatic nitrogens is 4. The van der Waals surface area contributed by atoms with Crippen molar-refractivity contribution < 1.29 is 27.5 Å². The van der Waals surface area contributed by atoms with Crippen LogP contribution in [0, 0.1) is 28.9 Å². The number of thioether (sulfide) groups is 1. The van der Waals surface area contributed by atoms with Crippen LogP contribution < -0.4 is 19.9 Å². The van der Waals surface area contributed by atoms with Crippen LogP contribution in [0.5, 0.6) is 5.88 Å². The van der Waals surface area contributed by atoms with E-state index >= 15 is 0 Å². The van der Waals surface area contributed by atoms with Gasteiger partial charge in [0.25, 0.3) is 9.84 Å². The van der Waals surface area contributed by atoms with Gasteiger partial charge in [-0.05, 0) is 29.2 Å². The van der Waals surface area contributed by atoms with E-state index in [4.69, 9.17) is 16.1 Å². The summed E-state index contributed by atoms with van der Waals surface area (Å²) >= 11 is 1.12. The van der Waals surface area contributed by atoms with Gasteiger partial charge >= 0.3 is 10.9 Å². The lowest BCUT2D eigenvalue weighted by Gasteiger charge is -2.32. The number of benzene rings is 3. The van der Waals surface area contributed by atoms with Crippen LogP contribution in [-0.4, -0.2) is 54.4 Å². The Bertz CT molecular complexity index is 2170. The smallest absolute Gasteiger partial charge is 0.415 e. The zero-order chi connectivity index (χ0) is 34.4. The van der Waals surface area contributed by atoms with E-state index in [0.29, 0.717) is 59.4 Å². The third-order valence-electron chi connectivity index (χ3n) is 7.59. The highest BCUT2D eigenvalue weighted by molar-refractivity contribution is 7.99. The minimum atomic E-state index is -4.27. The Morgan fingerprint density at radius 1 is 1.06 bits per heavy atom. The maximum absolute atomic E-state index is 13.2. The predicted molar refractivity (Wildman–Crippen MR) is 179 cm³/mol. The molecule has 49 heavy (non-hydrogen) atoms. The summed E-state index contributed by atoms with van der Waals surface area (Å²) in [5, 5.41) is 28.6. The lowest BCUT2D eigenvalue weighted by molar-refractivity contribution is -0.832. The van der Waals surface area contributed by atoms with Gasteiger partial charge < -0.3 is 20.2 Å². The maximum Gasteiger partial charge on any atom is 0.415 e. The highest BCUT2D eigenvalue weighted by Crippen LogP contribution is 2.33. The lowest BCUT2D eigenvalue weighted by Crippen LogP contribution is -2.39. The summed E-state index contributed by atoms with van der Waals surface area (Å²) in [6, 6.07) is 25.9. The standard InChI is InChI=1S/C34H27N7O6S2/c1-2-23-11-9-10-16-28(23)36-29(42)22-48-34-37-30(24-12-5-3-6-13-24)27(21-35)31(38-34)40-19-17-25(18-20-40)46-32-33(41(43)47-39-32)49(44,45)26-14-7-4-8-15-26/h1,3-16,25H,17-20,22H2,(H,36,42). The Morgan fingerprint density at radius 3 is 2.43 bits per heavy atom. The molecule has 15 heteroatoms. The second-order valence-electron chi connectivity index (χ2n) is 10.7. The summed E-state index contributed by atoms with van der Waals surface area (Å²) in [6.45, 7) is 0.738. The molecule has 3 aromatic carbocycles. The van der Waals surface area contributed by atoms with Crippen molar-refractivity contribution in [1.82, 2.24) is 15.1 Å². The zero-order valence-corrected chi connectivity index (χ0v) is 27.4. The van der Waals surface area contributed by atoms with Gasteiger partial charge in [-0.1, -0.05) is 78.3 Å². The fraction of sp³-hybridized carbons (Fsp3) is 0.176. The average molecular weight is 694 g/mol. The van der Waals surface area contributed by atoms with Crippen LogP contribution in [0.3, 0.4) is 0 Å². The van der Waals surface area contributed by atoms with Crippen LogP contribution in [0.4, 0.5) is 11.5 Å². The normalized spacial score (nSPS) is 13.3. The molecule has 0 saturated carbocycles. The van der Waals surface area contributed by atoms with Gasteiger partial charge in [-0.3, -0.25) is 9.42 Å². The molecule has 1 aliphatic rings. The van der Waals surface area contributed by atoms with Crippen molar-refractivity contribution in [3.05, 3.63) is 101 Å². The molecule has 1 aliphatic heterocycles. The first-order chi connectivity index (χ1) is 23.8. The molecule has 1 amide bonds. The summed E-state index contributed by atoms with van der Waals surface area (Å²) in [4.78, 5) is 23.9. The topological polar surface area (TPSA) is 178 Å². The van der Waals surface area contributed by atoms with Gasteiger partial charge in [-0.15, -0.1) is 6.42 Å². The largest absolute Gasteiger partial charge is 0.451 e. The van der Waals surface area contributed by atoms with Crippen molar-refractivity contribution in [2.24, 2.45) is 0 Å². The quantitative estimate of drug-likeness (QED) is 0.0954. The number of hydrogen-bond acceptors (Lipinski definition) is 12. The number of carbonyl (C=O) groups is 1. The molecule has 0 atom stereocenters. The van der Waals surface area contributed by atoms with Gasteiger partial charge in [0.1, 0.15) is 17.7 Å². The first-order valence-corrected chi connectivity index (χ1v) is 17.4. The number of carbonyl (C=O) groups excluding carboxylic acids is 1. The fourth-order valence-corrected chi connectivity index (χ4v) is 7.16. The van der Waals surface area contributed by atoms with Gasteiger partial charge in [0.15, 0.2) is 11.0 Å². The molecule has 0 spiro atoms. The van der Waals surface area contributed by atoms with Gasteiger partial charge in [0.05, 0.1) is 27.2 Å². The number of para-hydroxylation sites is 1. The second-order valence-corrected chi connectivity index (χ2v) is 13.5. The van der Waals surface area contributed by atoms with E-state index in [2.05, 4.69) is 32.1 Å². The fourth-order valence-electron chi connectivity index (χ4n) is 5.23.